The summed E-state index contributed by atoms with van der Waals surface area (Å²) in [5.74, 6) is 8.10. The number of nitrogens with zero attached hydrogens (tertiary/aromatic N) is 3. The third-order valence-corrected chi connectivity index (χ3v) is 4.90. The monoisotopic (exact) mass is 354 g/mol. The normalized spacial score (nSPS) is 17.9. The minimum atomic E-state index is 0.390. The topological polar surface area (TPSA) is 79.1 Å². The van der Waals surface area contributed by atoms with Gasteiger partial charge < -0.3 is 10.7 Å². The molecule has 1 fully saturated rings. The first-order valence-electron chi connectivity index (χ1n) is 9.56. The number of hydrazine groups is 1. The zero-order valence-corrected chi connectivity index (χ0v) is 15.8. The van der Waals surface area contributed by atoms with Crippen LogP contribution in [0, 0.1) is 6.92 Å². The number of aryl methyl sites for hydroxylation is 1. The number of anilines is 2. The molecule has 1 saturated heterocycles. The summed E-state index contributed by atoms with van der Waals surface area (Å²) in [6.07, 6.45) is 4.22. The smallest absolute Gasteiger partial charge is 0.148 e. The van der Waals surface area contributed by atoms with Gasteiger partial charge in [0, 0.05) is 31.1 Å². The van der Waals surface area contributed by atoms with Gasteiger partial charge in [0.15, 0.2) is 0 Å². The van der Waals surface area contributed by atoms with Gasteiger partial charge in [0.1, 0.15) is 17.5 Å². The van der Waals surface area contributed by atoms with Gasteiger partial charge in [-0.15, -0.1) is 0 Å². The van der Waals surface area contributed by atoms with Crippen LogP contribution in [0.5, 0.6) is 0 Å². The zero-order valence-electron chi connectivity index (χ0n) is 15.8. The molecule has 4 N–H and O–H groups in total. The van der Waals surface area contributed by atoms with Gasteiger partial charge in [0.05, 0.1) is 0 Å². The zero-order chi connectivity index (χ0) is 18.4. The average Bonchev–Trinajstić information content (AvgIpc) is 2.65. The number of benzene rings is 1. The standard InChI is InChI=1S/C20H30N6/c1-3-8-18-23-19(15(2)20(24-18)25-21)22-17-11-7-12-26(14-17)13-16-9-5-4-6-10-16/h4-6,9-10,17H,3,7-8,11-14,21H2,1-2H3,(H2,22,23,24,25). The minimum absolute atomic E-state index is 0.390. The Hall–Kier alpha value is -2.18. The van der Waals surface area contributed by atoms with Crippen molar-refractivity contribution < 1.29 is 0 Å². The van der Waals surface area contributed by atoms with Gasteiger partial charge in [-0.2, -0.15) is 0 Å². The number of nitrogens with one attached hydrogen (secondary N) is 2. The Morgan fingerprint density at radius 1 is 1.19 bits per heavy atom. The molecule has 2 heterocycles. The van der Waals surface area contributed by atoms with Crippen LogP contribution in [-0.2, 0) is 13.0 Å². The molecule has 0 aliphatic carbocycles. The van der Waals surface area contributed by atoms with Crippen molar-refractivity contribution in [1.29, 1.82) is 0 Å². The highest BCUT2D eigenvalue weighted by Gasteiger charge is 2.21. The third kappa shape index (κ3) is 4.71. The highest BCUT2D eigenvalue weighted by atomic mass is 15.3. The highest BCUT2D eigenvalue weighted by molar-refractivity contribution is 5.57. The molecule has 0 saturated carbocycles. The lowest BCUT2D eigenvalue weighted by molar-refractivity contribution is 0.208. The first-order valence-corrected chi connectivity index (χ1v) is 9.56. The molecule has 6 heteroatoms. The summed E-state index contributed by atoms with van der Waals surface area (Å²) in [6.45, 7) is 7.31. The molecule has 1 aromatic carbocycles. The molecular formula is C20H30N6. The largest absolute Gasteiger partial charge is 0.366 e. The van der Waals surface area contributed by atoms with E-state index in [-0.39, 0.29) is 0 Å². The maximum absolute atomic E-state index is 5.65. The van der Waals surface area contributed by atoms with Gasteiger partial charge in [-0.25, -0.2) is 15.8 Å². The molecule has 1 unspecified atom stereocenters. The fourth-order valence-electron chi connectivity index (χ4n) is 3.53. The molecule has 0 bridgehead atoms. The summed E-state index contributed by atoms with van der Waals surface area (Å²) in [6, 6.07) is 11.1. The molecule has 3 rings (SSSR count). The Kier molecular flexibility index (Phi) is 6.41. The first kappa shape index (κ1) is 18.6. The summed E-state index contributed by atoms with van der Waals surface area (Å²) < 4.78 is 0. The molecule has 140 valence electrons. The van der Waals surface area contributed by atoms with E-state index in [1.807, 2.05) is 6.92 Å². The van der Waals surface area contributed by atoms with E-state index in [9.17, 15) is 0 Å². The van der Waals surface area contributed by atoms with E-state index in [1.165, 1.54) is 12.0 Å². The first-order chi connectivity index (χ1) is 12.7. The number of nitrogens with two attached hydrogens (primary N) is 1. The summed E-state index contributed by atoms with van der Waals surface area (Å²) in [4.78, 5) is 11.8. The number of hydrogen-bond donors (Lipinski definition) is 3. The van der Waals surface area contributed by atoms with Crippen LogP contribution in [0.1, 0.15) is 43.1 Å². The fourth-order valence-corrected chi connectivity index (χ4v) is 3.53. The summed E-state index contributed by atoms with van der Waals surface area (Å²) in [5.41, 5.74) is 5.06. The molecule has 26 heavy (non-hydrogen) atoms. The molecule has 1 aromatic heterocycles. The quantitative estimate of drug-likeness (QED) is 0.524. The molecule has 0 spiro atoms. The number of likely N-dealkylation sites (tertiary alicyclic amines) is 1. The lowest BCUT2D eigenvalue weighted by Gasteiger charge is -2.33. The second-order valence-corrected chi connectivity index (χ2v) is 7.06. The molecular weight excluding hydrogens is 324 g/mol. The molecule has 1 aliphatic rings. The number of rotatable bonds is 7. The van der Waals surface area contributed by atoms with Gasteiger partial charge in [-0.1, -0.05) is 37.3 Å². The van der Waals surface area contributed by atoms with E-state index in [2.05, 4.69) is 57.9 Å². The van der Waals surface area contributed by atoms with E-state index in [1.54, 1.807) is 0 Å². The fraction of sp³-hybridized carbons (Fsp3) is 0.500. The van der Waals surface area contributed by atoms with Crippen molar-refractivity contribution >= 4 is 11.6 Å². The SMILES string of the molecule is CCCc1nc(NN)c(C)c(NC2CCCN(Cc3ccccc3)C2)n1. The van der Waals surface area contributed by atoms with Crippen molar-refractivity contribution in [3.8, 4) is 0 Å². The maximum atomic E-state index is 5.65. The Morgan fingerprint density at radius 2 is 1.96 bits per heavy atom. The van der Waals surface area contributed by atoms with E-state index >= 15 is 0 Å². The van der Waals surface area contributed by atoms with E-state index in [4.69, 9.17) is 10.8 Å². The lowest BCUT2D eigenvalue weighted by atomic mass is 10.0. The molecule has 2 aromatic rings. The molecule has 1 aliphatic heterocycles. The van der Waals surface area contributed by atoms with E-state index in [0.717, 1.165) is 56.1 Å². The molecule has 6 nitrogen and oxygen atoms in total. The third-order valence-electron chi connectivity index (χ3n) is 4.90. The van der Waals surface area contributed by atoms with Crippen LogP contribution in [0.3, 0.4) is 0 Å². The second-order valence-electron chi connectivity index (χ2n) is 7.06. The summed E-state index contributed by atoms with van der Waals surface area (Å²) in [5, 5.41) is 3.65. The predicted octanol–water partition coefficient (Wildman–Crippen LogP) is 3.10. The van der Waals surface area contributed by atoms with Gasteiger partial charge in [-0.3, -0.25) is 4.90 Å². The number of hydrogen-bond acceptors (Lipinski definition) is 6. The van der Waals surface area contributed by atoms with Crippen LogP contribution in [0.2, 0.25) is 0 Å². The Labute approximate surface area is 156 Å². The van der Waals surface area contributed by atoms with Crippen molar-refractivity contribution in [2.75, 3.05) is 23.8 Å². The van der Waals surface area contributed by atoms with Crippen molar-refractivity contribution in [1.82, 2.24) is 14.9 Å². The number of nitrogen functional groups attached to an aromatic ring is 1. The van der Waals surface area contributed by atoms with Crippen LogP contribution in [0.25, 0.3) is 0 Å². The van der Waals surface area contributed by atoms with Gasteiger partial charge in [0.25, 0.3) is 0 Å². The van der Waals surface area contributed by atoms with Crippen LogP contribution in [0.15, 0.2) is 30.3 Å². The van der Waals surface area contributed by atoms with Crippen molar-refractivity contribution in [3.63, 3.8) is 0 Å². The average molecular weight is 355 g/mol. The molecule has 0 amide bonds. The van der Waals surface area contributed by atoms with E-state index < -0.39 is 0 Å². The number of piperidine rings is 1. The summed E-state index contributed by atoms with van der Waals surface area (Å²) >= 11 is 0. The van der Waals surface area contributed by atoms with Gasteiger partial charge >= 0.3 is 0 Å². The molecule has 0 radical (unpaired) electrons. The van der Waals surface area contributed by atoms with Crippen molar-refractivity contribution in [2.45, 2.75) is 52.1 Å². The predicted molar refractivity (Wildman–Crippen MR) is 107 cm³/mol. The second kappa shape index (κ2) is 8.96. The minimum Gasteiger partial charge on any atom is -0.366 e. The summed E-state index contributed by atoms with van der Waals surface area (Å²) in [7, 11) is 0. The Bertz CT molecular complexity index is 703. The van der Waals surface area contributed by atoms with Crippen LogP contribution >= 0.6 is 0 Å². The van der Waals surface area contributed by atoms with Crippen molar-refractivity contribution in [3.05, 3.63) is 47.3 Å². The van der Waals surface area contributed by atoms with Gasteiger partial charge in [0.2, 0.25) is 0 Å². The van der Waals surface area contributed by atoms with Crippen molar-refractivity contribution in [2.24, 2.45) is 5.84 Å². The molecule has 1 atom stereocenters. The maximum Gasteiger partial charge on any atom is 0.148 e. The van der Waals surface area contributed by atoms with Crippen LogP contribution in [0.4, 0.5) is 11.6 Å². The van der Waals surface area contributed by atoms with E-state index in [0.29, 0.717) is 11.9 Å². The highest BCUT2D eigenvalue weighted by Crippen LogP contribution is 2.23. The lowest BCUT2D eigenvalue weighted by Crippen LogP contribution is -2.42. The Morgan fingerprint density at radius 3 is 2.69 bits per heavy atom. The Balaban J connectivity index is 1.69. The number of aromatic nitrogens is 2. The van der Waals surface area contributed by atoms with Crippen LogP contribution < -0.4 is 16.6 Å². The van der Waals surface area contributed by atoms with Crippen LogP contribution in [-0.4, -0.2) is 34.0 Å². The van der Waals surface area contributed by atoms with Gasteiger partial charge in [-0.05, 0) is 38.3 Å².